The van der Waals surface area contributed by atoms with Gasteiger partial charge in [0.05, 0.1) is 0 Å². The largest absolute Gasteiger partial charge is 0.311 e. The lowest BCUT2D eigenvalue weighted by molar-refractivity contribution is 0.185. The van der Waals surface area contributed by atoms with Crippen LogP contribution in [0.4, 0.5) is 0 Å². The first-order valence-electron chi connectivity index (χ1n) is 7.74. The first-order valence-corrected chi connectivity index (χ1v) is 8.12. The summed E-state index contributed by atoms with van der Waals surface area (Å²) in [7, 11) is 2.22. The maximum Gasteiger partial charge on any atom is 0.0438 e. The van der Waals surface area contributed by atoms with Crippen LogP contribution in [0.25, 0.3) is 0 Å². The zero-order chi connectivity index (χ0) is 14.5. The highest BCUT2D eigenvalue weighted by Gasteiger charge is 2.23. The Balaban J connectivity index is 1.82. The summed E-state index contributed by atoms with van der Waals surface area (Å²) in [5, 5.41) is 4.65. The highest BCUT2D eigenvalue weighted by Crippen LogP contribution is 2.21. The summed E-state index contributed by atoms with van der Waals surface area (Å²) >= 11 is 6.24. The average Bonchev–Trinajstić information content (AvgIpc) is 2.42. The van der Waals surface area contributed by atoms with Crippen molar-refractivity contribution in [3.8, 4) is 0 Å². The molecule has 2 atom stereocenters. The number of rotatable bonds is 5. The smallest absolute Gasteiger partial charge is 0.0438 e. The molecule has 0 bridgehead atoms. The third kappa shape index (κ3) is 4.47. The summed E-state index contributed by atoms with van der Waals surface area (Å²) < 4.78 is 0. The van der Waals surface area contributed by atoms with E-state index in [1.165, 1.54) is 31.5 Å². The second-order valence-electron chi connectivity index (χ2n) is 6.29. The zero-order valence-electron chi connectivity index (χ0n) is 12.9. The molecule has 1 aliphatic heterocycles. The number of benzene rings is 1. The van der Waals surface area contributed by atoms with E-state index in [9.17, 15) is 0 Å². The van der Waals surface area contributed by atoms with Crippen LogP contribution < -0.4 is 5.32 Å². The molecular formula is C17H27ClN2. The molecular weight excluding hydrogens is 268 g/mol. The minimum atomic E-state index is 0.463. The van der Waals surface area contributed by atoms with Crippen LogP contribution in [0.3, 0.4) is 0 Å². The summed E-state index contributed by atoms with van der Waals surface area (Å²) in [4.78, 5) is 2.43. The molecule has 0 amide bonds. The van der Waals surface area contributed by atoms with Gasteiger partial charge in [0, 0.05) is 17.1 Å². The normalized spacial score (nSPS) is 20.8. The molecule has 1 aromatic rings. The minimum Gasteiger partial charge on any atom is -0.311 e. The molecule has 2 nitrogen and oxygen atoms in total. The molecule has 0 radical (unpaired) electrons. The number of piperidine rings is 1. The summed E-state index contributed by atoms with van der Waals surface area (Å²) in [5.41, 5.74) is 1.24. The predicted molar refractivity (Wildman–Crippen MR) is 87.4 cm³/mol. The van der Waals surface area contributed by atoms with Crippen molar-refractivity contribution in [2.45, 2.75) is 45.2 Å². The Kier molecular flexibility index (Phi) is 5.88. The molecule has 0 spiro atoms. The molecule has 3 heteroatoms. The summed E-state index contributed by atoms with van der Waals surface area (Å²) in [6.07, 6.45) is 3.61. The quantitative estimate of drug-likeness (QED) is 0.893. The molecule has 1 aromatic carbocycles. The third-order valence-corrected chi connectivity index (χ3v) is 4.87. The van der Waals surface area contributed by atoms with Gasteiger partial charge in [0.15, 0.2) is 0 Å². The van der Waals surface area contributed by atoms with E-state index in [1.807, 2.05) is 12.1 Å². The third-order valence-electron chi connectivity index (χ3n) is 4.50. The predicted octanol–water partition coefficient (Wildman–Crippen LogP) is 3.59. The highest BCUT2D eigenvalue weighted by atomic mass is 35.5. The van der Waals surface area contributed by atoms with Crippen molar-refractivity contribution in [3.63, 3.8) is 0 Å². The maximum atomic E-state index is 6.24. The van der Waals surface area contributed by atoms with Crippen molar-refractivity contribution in [2.75, 3.05) is 20.1 Å². The topological polar surface area (TPSA) is 15.3 Å². The fourth-order valence-electron chi connectivity index (χ4n) is 3.17. The standard InChI is InChI=1S/C17H27ClN2/c1-13(12-16-6-4-5-7-17(16)18)19-14(2)15-8-10-20(3)11-9-15/h4-7,13-15,19H,8-12H2,1-3H3. The van der Waals surface area contributed by atoms with E-state index in [1.54, 1.807) is 0 Å². The van der Waals surface area contributed by atoms with Crippen LogP contribution in [-0.2, 0) is 6.42 Å². The Bertz CT molecular complexity index is 413. The monoisotopic (exact) mass is 294 g/mol. The van der Waals surface area contributed by atoms with E-state index in [-0.39, 0.29) is 0 Å². The number of halogens is 1. The van der Waals surface area contributed by atoms with Gasteiger partial charge in [-0.15, -0.1) is 0 Å². The zero-order valence-corrected chi connectivity index (χ0v) is 13.7. The lowest BCUT2D eigenvalue weighted by Gasteiger charge is -2.34. The van der Waals surface area contributed by atoms with Crippen molar-refractivity contribution >= 4 is 11.6 Å². The van der Waals surface area contributed by atoms with Crippen LogP contribution in [0.1, 0.15) is 32.3 Å². The molecule has 1 heterocycles. The number of nitrogens with one attached hydrogen (secondary N) is 1. The van der Waals surface area contributed by atoms with Gasteiger partial charge in [0.2, 0.25) is 0 Å². The average molecular weight is 295 g/mol. The fourth-order valence-corrected chi connectivity index (χ4v) is 3.38. The molecule has 1 saturated heterocycles. The Hall–Kier alpha value is -0.570. The van der Waals surface area contributed by atoms with E-state index in [0.717, 1.165) is 17.4 Å². The lowest BCUT2D eigenvalue weighted by atomic mass is 9.90. The van der Waals surface area contributed by atoms with Gasteiger partial charge in [-0.05, 0) is 70.8 Å². The molecule has 2 rings (SSSR count). The Morgan fingerprint density at radius 2 is 1.90 bits per heavy atom. The molecule has 0 aliphatic carbocycles. The molecule has 0 aromatic heterocycles. The van der Waals surface area contributed by atoms with Crippen LogP contribution in [0, 0.1) is 5.92 Å². The first-order chi connectivity index (χ1) is 9.56. The van der Waals surface area contributed by atoms with Crippen LogP contribution in [0.5, 0.6) is 0 Å². The summed E-state index contributed by atoms with van der Waals surface area (Å²) in [5.74, 6) is 0.805. The summed E-state index contributed by atoms with van der Waals surface area (Å²) in [6, 6.07) is 9.20. The second kappa shape index (κ2) is 7.44. The van der Waals surface area contributed by atoms with E-state index in [2.05, 4.69) is 43.2 Å². The molecule has 1 fully saturated rings. The second-order valence-corrected chi connectivity index (χ2v) is 6.70. The van der Waals surface area contributed by atoms with Crippen molar-refractivity contribution in [1.82, 2.24) is 10.2 Å². The molecule has 1 N–H and O–H groups in total. The Morgan fingerprint density at radius 1 is 1.25 bits per heavy atom. The minimum absolute atomic E-state index is 0.463. The number of nitrogens with zero attached hydrogens (tertiary/aromatic N) is 1. The van der Waals surface area contributed by atoms with Crippen LogP contribution >= 0.6 is 11.6 Å². The molecule has 20 heavy (non-hydrogen) atoms. The van der Waals surface area contributed by atoms with Crippen LogP contribution in [0.2, 0.25) is 5.02 Å². The van der Waals surface area contributed by atoms with Crippen molar-refractivity contribution < 1.29 is 0 Å². The van der Waals surface area contributed by atoms with Gasteiger partial charge in [0.25, 0.3) is 0 Å². The van der Waals surface area contributed by atoms with E-state index in [0.29, 0.717) is 12.1 Å². The van der Waals surface area contributed by atoms with Gasteiger partial charge in [-0.3, -0.25) is 0 Å². The number of likely N-dealkylation sites (tertiary alicyclic amines) is 1. The Labute approximate surface area is 128 Å². The SMILES string of the molecule is CC(Cc1ccccc1Cl)NC(C)C1CCN(C)CC1. The van der Waals surface area contributed by atoms with Gasteiger partial charge < -0.3 is 10.2 Å². The van der Waals surface area contributed by atoms with Gasteiger partial charge >= 0.3 is 0 Å². The van der Waals surface area contributed by atoms with Crippen LogP contribution in [-0.4, -0.2) is 37.1 Å². The van der Waals surface area contributed by atoms with Gasteiger partial charge in [0.1, 0.15) is 0 Å². The summed E-state index contributed by atoms with van der Waals surface area (Å²) in [6.45, 7) is 7.05. The fraction of sp³-hybridized carbons (Fsp3) is 0.647. The van der Waals surface area contributed by atoms with Gasteiger partial charge in [-0.1, -0.05) is 29.8 Å². The molecule has 0 saturated carbocycles. The lowest BCUT2D eigenvalue weighted by Crippen LogP contribution is -2.44. The Morgan fingerprint density at radius 3 is 2.55 bits per heavy atom. The van der Waals surface area contributed by atoms with Gasteiger partial charge in [-0.25, -0.2) is 0 Å². The number of hydrogen-bond donors (Lipinski definition) is 1. The van der Waals surface area contributed by atoms with E-state index >= 15 is 0 Å². The highest BCUT2D eigenvalue weighted by molar-refractivity contribution is 6.31. The van der Waals surface area contributed by atoms with Crippen molar-refractivity contribution in [2.24, 2.45) is 5.92 Å². The molecule has 1 aliphatic rings. The molecule has 112 valence electrons. The van der Waals surface area contributed by atoms with Crippen molar-refractivity contribution in [1.29, 1.82) is 0 Å². The van der Waals surface area contributed by atoms with E-state index in [4.69, 9.17) is 11.6 Å². The maximum absolute atomic E-state index is 6.24. The van der Waals surface area contributed by atoms with Crippen LogP contribution in [0.15, 0.2) is 24.3 Å². The van der Waals surface area contributed by atoms with E-state index < -0.39 is 0 Å². The molecule has 2 unspecified atom stereocenters. The van der Waals surface area contributed by atoms with Crippen molar-refractivity contribution in [3.05, 3.63) is 34.9 Å². The first kappa shape index (κ1) is 15.8. The number of hydrogen-bond acceptors (Lipinski definition) is 2. The van der Waals surface area contributed by atoms with Gasteiger partial charge in [-0.2, -0.15) is 0 Å².